The molecule has 1 fully saturated rings. The first-order valence-corrected chi connectivity index (χ1v) is 9.17. The first kappa shape index (κ1) is 17.1. The summed E-state index contributed by atoms with van der Waals surface area (Å²) < 4.78 is 7.42. The zero-order valence-corrected chi connectivity index (χ0v) is 14.8. The Bertz CT molecular complexity index is 668. The molecule has 0 radical (unpaired) electrons. The fourth-order valence-electron chi connectivity index (χ4n) is 2.75. The SMILES string of the molecule is CC(C)C(Sc1nnnn1CC1CCCO1)C(=O)c1ccccc1. The van der Waals surface area contributed by atoms with E-state index in [9.17, 15) is 4.79 Å². The highest BCUT2D eigenvalue weighted by molar-refractivity contribution is 8.00. The van der Waals surface area contributed by atoms with Crippen LogP contribution < -0.4 is 0 Å². The van der Waals surface area contributed by atoms with Gasteiger partial charge in [-0.2, -0.15) is 0 Å². The van der Waals surface area contributed by atoms with E-state index in [4.69, 9.17) is 4.74 Å². The molecule has 1 aliphatic rings. The van der Waals surface area contributed by atoms with E-state index < -0.39 is 0 Å². The van der Waals surface area contributed by atoms with Crippen LogP contribution in [0.2, 0.25) is 0 Å². The molecule has 2 aromatic rings. The monoisotopic (exact) mass is 346 g/mol. The Morgan fingerprint density at radius 1 is 1.38 bits per heavy atom. The molecule has 7 heteroatoms. The molecule has 128 valence electrons. The van der Waals surface area contributed by atoms with Gasteiger partial charge in [0.2, 0.25) is 5.16 Å². The Morgan fingerprint density at radius 3 is 2.83 bits per heavy atom. The molecule has 1 aliphatic heterocycles. The average molecular weight is 346 g/mol. The van der Waals surface area contributed by atoms with E-state index in [1.165, 1.54) is 11.8 Å². The zero-order chi connectivity index (χ0) is 16.9. The number of benzene rings is 1. The quantitative estimate of drug-likeness (QED) is 0.567. The summed E-state index contributed by atoms with van der Waals surface area (Å²) in [4.78, 5) is 12.8. The molecule has 3 rings (SSSR count). The Kier molecular flexibility index (Phi) is 5.63. The summed E-state index contributed by atoms with van der Waals surface area (Å²) in [6, 6.07) is 9.39. The average Bonchev–Trinajstić information content (AvgIpc) is 3.25. The fourth-order valence-corrected chi connectivity index (χ4v) is 3.81. The van der Waals surface area contributed by atoms with Crippen LogP contribution in [0.4, 0.5) is 0 Å². The standard InChI is InChI=1S/C17H22N4O2S/c1-12(2)16(15(22)13-7-4-3-5-8-13)24-17-18-19-20-21(17)11-14-9-6-10-23-14/h3-5,7-8,12,14,16H,6,9-11H2,1-2H3. The predicted molar refractivity (Wildman–Crippen MR) is 92.0 cm³/mol. The summed E-state index contributed by atoms with van der Waals surface area (Å²) in [5, 5.41) is 12.4. The smallest absolute Gasteiger partial charge is 0.210 e. The van der Waals surface area contributed by atoms with Gasteiger partial charge in [-0.1, -0.05) is 55.9 Å². The minimum absolute atomic E-state index is 0.113. The van der Waals surface area contributed by atoms with Crippen molar-refractivity contribution in [3.8, 4) is 0 Å². The molecule has 1 saturated heterocycles. The van der Waals surface area contributed by atoms with Gasteiger partial charge in [-0.25, -0.2) is 4.68 Å². The predicted octanol–water partition coefficient (Wildman–Crippen LogP) is 2.85. The molecule has 0 aliphatic carbocycles. The molecule has 0 saturated carbocycles. The number of aromatic nitrogens is 4. The second kappa shape index (κ2) is 7.90. The largest absolute Gasteiger partial charge is 0.376 e. The first-order chi connectivity index (χ1) is 11.6. The fraction of sp³-hybridized carbons (Fsp3) is 0.529. The number of Topliss-reactive ketones (excluding diaryl/α,β-unsaturated/α-hetero) is 1. The number of tetrazole rings is 1. The van der Waals surface area contributed by atoms with Crippen LogP contribution in [0, 0.1) is 5.92 Å². The molecule has 2 unspecified atom stereocenters. The normalized spacial score (nSPS) is 18.9. The summed E-state index contributed by atoms with van der Waals surface area (Å²) >= 11 is 1.44. The van der Waals surface area contributed by atoms with Crippen LogP contribution in [0.5, 0.6) is 0 Å². The Balaban J connectivity index is 1.74. The number of ether oxygens (including phenoxy) is 1. The minimum atomic E-state index is -0.221. The summed E-state index contributed by atoms with van der Waals surface area (Å²) in [5.41, 5.74) is 0.724. The zero-order valence-electron chi connectivity index (χ0n) is 14.0. The van der Waals surface area contributed by atoms with Gasteiger partial charge >= 0.3 is 0 Å². The third-order valence-corrected chi connectivity index (χ3v) is 5.57. The van der Waals surface area contributed by atoms with Gasteiger partial charge in [0.25, 0.3) is 0 Å². The molecule has 0 bridgehead atoms. The van der Waals surface area contributed by atoms with Crippen molar-refractivity contribution in [2.75, 3.05) is 6.61 Å². The van der Waals surface area contributed by atoms with Crippen LogP contribution >= 0.6 is 11.8 Å². The molecule has 2 atom stereocenters. The van der Waals surface area contributed by atoms with Gasteiger partial charge in [-0.05, 0) is 29.2 Å². The van der Waals surface area contributed by atoms with E-state index in [0.717, 1.165) is 25.0 Å². The number of carbonyl (C=O) groups is 1. The molecule has 2 heterocycles. The lowest BCUT2D eigenvalue weighted by molar-refractivity contribution is 0.0911. The summed E-state index contributed by atoms with van der Waals surface area (Å²) in [6.07, 6.45) is 2.27. The van der Waals surface area contributed by atoms with Gasteiger partial charge in [0, 0.05) is 12.2 Å². The van der Waals surface area contributed by atoms with Crippen LogP contribution in [0.1, 0.15) is 37.0 Å². The van der Waals surface area contributed by atoms with Gasteiger partial charge in [-0.15, -0.1) is 5.10 Å². The second-order valence-electron chi connectivity index (χ2n) is 6.29. The maximum Gasteiger partial charge on any atom is 0.210 e. The van der Waals surface area contributed by atoms with Gasteiger partial charge in [0.1, 0.15) is 0 Å². The highest BCUT2D eigenvalue weighted by Crippen LogP contribution is 2.29. The molecule has 0 amide bonds. The summed E-state index contributed by atoms with van der Waals surface area (Å²) in [5.74, 6) is 0.290. The van der Waals surface area contributed by atoms with Crippen LogP contribution in [-0.4, -0.2) is 44.0 Å². The van der Waals surface area contributed by atoms with Crippen molar-refractivity contribution in [1.29, 1.82) is 0 Å². The van der Waals surface area contributed by atoms with Crippen molar-refractivity contribution < 1.29 is 9.53 Å². The van der Waals surface area contributed by atoms with E-state index in [-0.39, 0.29) is 23.1 Å². The molecular weight excluding hydrogens is 324 g/mol. The Labute approximate surface area is 146 Å². The molecule has 6 nitrogen and oxygen atoms in total. The van der Waals surface area contributed by atoms with Crippen molar-refractivity contribution in [2.45, 2.75) is 49.7 Å². The molecule has 1 aromatic carbocycles. The lowest BCUT2D eigenvalue weighted by atomic mass is 10.0. The van der Waals surface area contributed by atoms with Crippen molar-refractivity contribution >= 4 is 17.5 Å². The van der Waals surface area contributed by atoms with Crippen molar-refractivity contribution in [3.63, 3.8) is 0 Å². The Morgan fingerprint density at radius 2 is 2.17 bits per heavy atom. The van der Waals surface area contributed by atoms with E-state index in [2.05, 4.69) is 15.5 Å². The third kappa shape index (κ3) is 4.02. The molecule has 0 N–H and O–H groups in total. The maximum atomic E-state index is 12.8. The molecule has 24 heavy (non-hydrogen) atoms. The van der Waals surface area contributed by atoms with Crippen molar-refractivity contribution in [3.05, 3.63) is 35.9 Å². The van der Waals surface area contributed by atoms with Crippen LogP contribution in [0.25, 0.3) is 0 Å². The van der Waals surface area contributed by atoms with Gasteiger partial charge in [0.15, 0.2) is 5.78 Å². The summed E-state index contributed by atoms with van der Waals surface area (Å²) in [7, 11) is 0. The van der Waals surface area contributed by atoms with Gasteiger partial charge in [0.05, 0.1) is 17.9 Å². The number of rotatable bonds is 7. The molecular formula is C17H22N4O2S. The lowest BCUT2D eigenvalue weighted by Crippen LogP contribution is -2.25. The molecule has 1 aromatic heterocycles. The van der Waals surface area contributed by atoms with Crippen LogP contribution in [0.3, 0.4) is 0 Å². The number of hydrogen-bond donors (Lipinski definition) is 0. The van der Waals surface area contributed by atoms with Gasteiger partial charge < -0.3 is 4.74 Å². The first-order valence-electron chi connectivity index (χ1n) is 8.29. The number of hydrogen-bond acceptors (Lipinski definition) is 6. The number of nitrogens with zero attached hydrogens (tertiary/aromatic N) is 4. The van der Waals surface area contributed by atoms with E-state index in [1.807, 2.05) is 44.2 Å². The number of carbonyl (C=O) groups excluding carboxylic acids is 1. The third-order valence-electron chi connectivity index (χ3n) is 4.05. The van der Waals surface area contributed by atoms with Gasteiger partial charge in [-0.3, -0.25) is 4.79 Å². The topological polar surface area (TPSA) is 69.9 Å². The number of thioether (sulfide) groups is 1. The van der Waals surface area contributed by atoms with E-state index >= 15 is 0 Å². The number of ketones is 1. The van der Waals surface area contributed by atoms with Crippen molar-refractivity contribution in [1.82, 2.24) is 20.2 Å². The second-order valence-corrected chi connectivity index (χ2v) is 7.40. The van der Waals surface area contributed by atoms with E-state index in [0.29, 0.717) is 11.7 Å². The van der Waals surface area contributed by atoms with E-state index in [1.54, 1.807) is 4.68 Å². The minimum Gasteiger partial charge on any atom is -0.376 e. The summed E-state index contributed by atoms with van der Waals surface area (Å²) in [6.45, 7) is 5.54. The van der Waals surface area contributed by atoms with Crippen molar-refractivity contribution in [2.24, 2.45) is 5.92 Å². The Hall–Kier alpha value is -1.73. The van der Waals surface area contributed by atoms with Crippen LogP contribution in [-0.2, 0) is 11.3 Å². The maximum absolute atomic E-state index is 12.8. The van der Waals surface area contributed by atoms with Crippen LogP contribution in [0.15, 0.2) is 35.5 Å². The molecule has 0 spiro atoms. The highest BCUT2D eigenvalue weighted by atomic mass is 32.2. The lowest BCUT2D eigenvalue weighted by Gasteiger charge is -2.19. The highest BCUT2D eigenvalue weighted by Gasteiger charge is 2.28.